The lowest BCUT2D eigenvalue weighted by molar-refractivity contribution is -0.137. The van der Waals surface area contributed by atoms with Crippen molar-refractivity contribution in [2.75, 3.05) is 18.4 Å². The smallest absolute Gasteiger partial charge is 0.322 e. The molecule has 3 nitrogen and oxygen atoms in total. The third-order valence-corrected chi connectivity index (χ3v) is 5.62. The molecule has 0 fully saturated rings. The van der Waals surface area contributed by atoms with Gasteiger partial charge in [-0.25, -0.2) is 0 Å². The first-order valence-electron chi connectivity index (χ1n) is 10.4. The Kier molecular flexibility index (Phi) is 6.15. The van der Waals surface area contributed by atoms with E-state index >= 15 is 0 Å². The summed E-state index contributed by atoms with van der Waals surface area (Å²) in [5.41, 5.74) is 3.15. The van der Waals surface area contributed by atoms with Crippen molar-refractivity contribution >= 4 is 11.6 Å². The predicted octanol–water partition coefficient (Wildman–Crippen LogP) is 6.17. The van der Waals surface area contributed by atoms with E-state index in [1.54, 1.807) is 30.3 Å². The van der Waals surface area contributed by atoms with Crippen molar-refractivity contribution in [3.8, 4) is 11.1 Å². The Morgan fingerprint density at radius 1 is 1.03 bits per heavy atom. The lowest BCUT2D eigenvalue weighted by Crippen LogP contribution is -2.30. The molecule has 1 aliphatic heterocycles. The van der Waals surface area contributed by atoms with E-state index in [0.717, 1.165) is 43.8 Å². The highest BCUT2D eigenvalue weighted by Crippen LogP contribution is 2.34. The third kappa shape index (κ3) is 4.75. The topological polar surface area (TPSA) is 32.3 Å². The molecule has 1 heterocycles. The van der Waals surface area contributed by atoms with Crippen molar-refractivity contribution in [3.63, 3.8) is 0 Å². The minimum Gasteiger partial charge on any atom is -0.322 e. The molecule has 0 spiro atoms. The Morgan fingerprint density at radius 3 is 2.53 bits per heavy atom. The maximum Gasteiger partial charge on any atom is 0.416 e. The number of carbonyl (C=O) groups excluding carboxylic acids is 1. The largest absolute Gasteiger partial charge is 0.416 e. The molecule has 4 rings (SSSR count). The predicted molar refractivity (Wildman–Crippen MR) is 120 cm³/mol. The van der Waals surface area contributed by atoms with Gasteiger partial charge in [0.25, 0.3) is 5.91 Å². The second kappa shape index (κ2) is 9.01. The molecule has 1 amide bonds. The van der Waals surface area contributed by atoms with Crippen LogP contribution in [0.1, 0.15) is 27.0 Å². The van der Waals surface area contributed by atoms with E-state index in [1.165, 1.54) is 11.6 Å². The number of alkyl halides is 3. The van der Waals surface area contributed by atoms with Crippen LogP contribution < -0.4 is 5.32 Å². The van der Waals surface area contributed by atoms with Crippen molar-refractivity contribution in [1.82, 2.24) is 4.90 Å². The average Bonchev–Trinajstić information content (AvgIpc) is 2.79. The van der Waals surface area contributed by atoms with Gasteiger partial charge in [0.1, 0.15) is 0 Å². The lowest BCUT2D eigenvalue weighted by Gasteiger charge is -2.28. The van der Waals surface area contributed by atoms with Crippen LogP contribution in [0.2, 0.25) is 0 Å². The highest BCUT2D eigenvalue weighted by molar-refractivity contribution is 6.09. The van der Waals surface area contributed by atoms with E-state index in [0.29, 0.717) is 16.8 Å². The van der Waals surface area contributed by atoms with Crippen molar-refractivity contribution in [2.45, 2.75) is 19.1 Å². The van der Waals surface area contributed by atoms with Gasteiger partial charge in [0.2, 0.25) is 0 Å². The molecule has 164 valence electrons. The number of nitrogens with zero attached hydrogens (tertiary/aromatic N) is 1. The van der Waals surface area contributed by atoms with Crippen LogP contribution in [0.25, 0.3) is 11.1 Å². The number of hydrogen-bond acceptors (Lipinski definition) is 2. The second-order valence-electron chi connectivity index (χ2n) is 7.84. The zero-order valence-corrected chi connectivity index (χ0v) is 17.5. The van der Waals surface area contributed by atoms with E-state index in [4.69, 9.17) is 0 Å². The first-order valence-corrected chi connectivity index (χ1v) is 10.4. The summed E-state index contributed by atoms with van der Waals surface area (Å²) >= 11 is 0. The van der Waals surface area contributed by atoms with Crippen molar-refractivity contribution in [3.05, 3.63) is 102 Å². The summed E-state index contributed by atoms with van der Waals surface area (Å²) in [6, 6.07) is 17.9. The fraction of sp³-hybridized carbons (Fsp3) is 0.192. The van der Waals surface area contributed by atoms with E-state index in [2.05, 4.69) is 16.8 Å². The van der Waals surface area contributed by atoms with Gasteiger partial charge in [-0.2, -0.15) is 13.2 Å². The molecule has 1 aliphatic rings. The van der Waals surface area contributed by atoms with Gasteiger partial charge >= 0.3 is 6.18 Å². The molecule has 0 aliphatic carbocycles. The summed E-state index contributed by atoms with van der Waals surface area (Å²) in [4.78, 5) is 15.4. The first-order chi connectivity index (χ1) is 15.3. The van der Waals surface area contributed by atoms with E-state index in [1.807, 2.05) is 24.3 Å². The zero-order chi connectivity index (χ0) is 22.7. The molecule has 3 aromatic carbocycles. The van der Waals surface area contributed by atoms with Crippen LogP contribution in [-0.4, -0.2) is 23.9 Å². The van der Waals surface area contributed by atoms with Gasteiger partial charge in [-0.05, 0) is 52.9 Å². The molecule has 32 heavy (non-hydrogen) atoms. The number of fused-ring (bicyclic) bond motifs is 1. The van der Waals surface area contributed by atoms with E-state index in [9.17, 15) is 18.0 Å². The Balaban J connectivity index is 1.64. The van der Waals surface area contributed by atoms with Crippen LogP contribution in [0.3, 0.4) is 0 Å². The lowest BCUT2D eigenvalue weighted by atomic mass is 9.96. The SMILES string of the molecule is C=CCN1CCc2cc(NC(=O)c3cc(C(F)(F)F)ccc3-c3ccccc3)ccc2C1. The maximum absolute atomic E-state index is 13.3. The summed E-state index contributed by atoms with van der Waals surface area (Å²) in [6.45, 7) is 6.29. The normalized spacial score (nSPS) is 14.0. The van der Waals surface area contributed by atoms with Gasteiger partial charge in [-0.3, -0.25) is 9.69 Å². The number of halogens is 3. The third-order valence-electron chi connectivity index (χ3n) is 5.62. The van der Waals surface area contributed by atoms with Crippen molar-refractivity contribution in [1.29, 1.82) is 0 Å². The molecule has 0 unspecified atom stereocenters. The quantitative estimate of drug-likeness (QED) is 0.485. The van der Waals surface area contributed by atoms with Gasteiger partial charge in [0.05, 0.1) is 5.56 Å². The fourth-order valence-electron chi connectivity index (χ4n) is 4.00. The Bertz CT molecular complexity index is 1140. The number of rotatable bonds is 5. The van der Waals surface area contributed by atoms with E-state index < -0.39 is 17.6 Å². The second-order valence-corrected chi connectivity index (χ2v) is 7.84. The highest BCUT2D eigenvalue weighted by atomic mass is 19.4. The average molecular weight is 436 g/mol. The summed E-state index contributed by atoms with van der Waals surface area (Å²) in [7, 11) is 0. The maximum atomic E-state index is 13.3. The number of carbonyl (C=O) groups is 1. The van der Waals surface area contributed by atoms with Gasteiger partial charge in [0.15, 0.2) is 0 Å². The van der Waals surface area contributed by atoms with Crippen LogP contribution in [0, 0.1) is 0 Å². The molecule has 0 saturated heterocycles. The monoisotopic (exact) mass is 436 g/mol. The van der Waals surface area contributed by atoms with Gasteiger partial charge in [0, 0.05) is 30.9 Å². The standard InChI is InChI=1S/C26H23F3N2O/c1-2-13-31-14-12-19-15-22(10-8-20(19)17-31)30-25(32)24-16-21(26(27,28)29)9-11-23(24)18-6-4-3-5-7-18/h2-11,15-16H,1,12-14,17H2,(H,30,32). The number of amides is 1. The molecule has 0 saturated carbocycles. The van der Waals surface area contributed by atoms with E-state index in [-0.39, 0.29) is 5.56 Å². The van der Waals surface area contributed by atoms with Crippen LogP contribution >= 0.6 is 0 Å². The Hall–Kier alpha value is -3.38. The Labute approximate surface area is 185 Å². The van der Waals surface area contributed by atoms with Crippen molar-refractivity contribution < 1.29 is 18.0 Å². The van der Waals surface area contributed by atoms with Gasteiger partial charge < -0.3 is 5.32 Å². The number of benzene rings is 3. The minimum absolute atomic E-state index is 0.0131. The number of nitrogens with one attached hydrogen (secondary N) is 1. The molecule has 3 aromatic rings. The molecule has 0 radical (unpaired) electrons. The molecule has 0 aromatic heterocycles. The molecule has 0 bridgehead atoms. The van der Waals surface area contributed by atoms with Crippen LogP contribution in [-0.2, 0) is 19.1 Å². The first kappa shape index (κ1) is 21.8. The molecular formula is C26H23F3N2O. The number of hydrogen-bond donors (Lipinski definition) is 1. The van der Waals surface area contributed by atoms with Gasteiger partial charge in [-0.15, -0.1) is 6.58 Å². The Morgan fingerprint density at radius 2 is 1.81 bits per heavy atom. The summed E-state index contributed by atoms with van der Waals surface area (Å²) in [5, 5.41) is 2.80. The van der Waals surface area contributed by atoms with Crippen molar-refractivity contribution in [2.24, 2.45) is 0 Å². The van der Waals surface area contributed by atoms with Gasteiger partial charge in [-0.1, -0.05) is 48.5 Å². The number of anilines is 1. The fourth-order valence-corrected chi connectivity index (χ4v) is 4.00. The molecule has 0 atom stereocenters. The highest BCUT2D eigenvalue weighted by Gasteiger charge is 2.32. The summed E-state index contributed by atoms with van der Waals surface area (Å²) in [6.07, 6.45) is -1.82. The van der Waals surface area contributed by atoms with Crippen LogP contribution in [0.15, 0.2) is 79.4 Å². The summed E-state index contributed by atoms with van der Waals surface area (Å²) < 4.78 is 40.0. The molecule has 6 heteroatoms. The zero-order valence-electron chi connectivity index (χ0n) is 17.5. The van der Waals surface area contributed by atoms with Crippen LogP contribution in [0.5, 0.6) is 0 Å². The van der Waals surface area contributed by atoms with Crippen LogP contribution in [0.4, 0.5) is 18.9 Å². The molecular weight excluding hydrogens is 413 g/mol. The minimum atomic E-state index is -4.53. The summed E-state index contributed by atoms with van der Waals surface area (Å²) in [5.74, 6) is -0.570. The molecule has 1 N–H and O–H groups in total.